The maximum absolute atomic E-state index is 13.2. The summed E-state index contributed by atoms with van der Waals surface area (Å²) in [7, 11) is 0. The van der Waals surface area contributed by atoms with Gasteiger partial charge in [-0.25, -0.2) is 9.37 Å². The fourth-order valence-corrected chi connectivity index (χ4v) is 2.34. The molecule has 2 aromatic heterocycles. The second kappa shape index (κ2) is 4.66. The van der Waals surface area contributed by atoms with E-state index in [0.29, 0.717) is 0 Å². The molecule has 0 radical (unpaired) electrons. The van der Waals surface area contributed by atoms with Gasteiger partial charge in [0.1, 0.15) is 5.82 Å². The molecule has 1 aromatic carbocycles. The Balaban J connectivity index is 2.06. The molecule has 0 amide bonds. The minimum atomic E-state index is -0.327. The number of halogens is 1. The highest BCUT2D eigenvalue weighted by molar-refractivity contribution is 7.07. The molecule has 3 aromatic rings. The first-order chi connectivity index (χ1) is 8.83. The van der Waals surface area contributed by atoms with Crippen molar-refractivity contribution in [2.24, 2.45) is 0 Å². The number of hydrogen-bond acceptors (Lipinski definition) is 3. The van der Waals surface area contributed by atoms with E-state index in [1.165, 1.54) is 12.3 Å². The fraction of sp³-hybridized carbons (Fsp3) is 0. The van der Waals surface area contributed by atoms with Gasteiger partial charge in [0, 0.05) is 22.7 Å². The number of nitrogens with zero attached hydrogens (tertiary/aromatic N) is 2. The van der Waals surface area contributed by atoms with Crippen LogP contribution in [0.3, 0.4) is 0 Å². The molecule has 0 N–H and O–H groups in total. The van der Waals surface area contributed by atoms with Crippen LogP contribution in [0.15, 0.2) is 53.6 Å². The zero-order valence-electron chi connectivity index (χ0n) is 9.38. The van der Waals surface area contributed by atoms with Crippen LogP contribution >= 0.6 is 11.3 Å². The molecule has 0 aliphatic rings. The highest BCUT2D eigenvalue weighted by Gasteiger charge is 2.04. The van der Waals surface area contributed by atoms with Crippen molar-refractivity contribution in [2.45, 2.75) is 0 Å². The van der Waals surface area contributed by atoms with Gasteiger partial charge in [-0.1, -0.05) is 18.2 Å². The van der Waals surface area contributed by atoms with Crippen molar-refractivity contribution in [2.75, 3.05) is 0 Å². The van der Waals surface area contributed by atoms with Crippen molar-refractivity contribution >= 4 is 11.3 Å². The molecule has 0 saturated carbocycles. The second-order valence-electron chi connectivity index (χ2n) is 3.85. The van der Waals surface area contributed by atoms with Crippen molar-refractivity contribution in [1.29, 1.82) is 0 Å². The van der Waals surface area contributed by atoms with E-state index in [1.807, 2.05) is 29.6 Å². The number of thiazole rings is 1. The summed E-state index contributed by atoms with van der Waals surface area (Å²) in [6.07, 6.45) is 2.86. The molecule has 0 aliphatic heterocycles. The lowest BCUT2D eigenvalue weighted by atomic mass is 10.0. The van der Waals surface area contributed by atoms with Crippen LogP contribution < -0.4 is 0 Å². The quantitative estimate of drug-likeness (QED) is 0.692. The number of aromatic nitrogens is 2. The van der Waals surface area contributed by atoms with E-state index in [0.717, 1.165) is 22.4 Å². The van der Waals surface area contributed by atoms with Crippen LogP contribution in [0.1, 0.15) is 0 Å². The van der Waals surface area contributed by atoms with E-state index in [1.54, 1.807) is 23.0 Å². The lowest BCUT2D eigenvalue weighted by Crippen LogP contribution is -1.84. The first kappa shape index (κ1) is 11.0. The first-order valence-corrected chi connectivity index (χ1v) is 6.37. The van der Waals surface area contributed by atoms with Crippen LogP contribution in [-0.4, -0.2) is 9.97 Å². The van der Waals surface area contributed by atoms with Gasteiger partial charge in [0.15, 0.2) is 0 Å². The molecular weight excluding hydrogens is 247 g/mol. The zero-order valence-corrected chi connectivity index (χ0v) is 10.2. The summed E-state index contributed by atoms with van der Waals surface area (Å²) >= 11 is 1.56. The van der Waals surface area contributed by atoms with Crippen LogP contribution in [-0.2, 0) is 0 Å². The summed E-state index contributed by atoms with van der Waals surface area (Å²) in [5, 5.41) is 1.99. The van der Waals surface area contributed by atoms with Gasteiger partial charge in [0.25, 0.3) is 0 Å². The number of benzene rings is 1. The molecule has 2 nitrogen and oxygen atoms in total. The van der Waals surface area contributed by atoms with E-state index in [-0.39, 0.29) is 5.82 Å². The van der Waals surface area contributed by atoms with Crippen LogP contribution in [0.4, 0.5) is 4.39 Å². The van der Waals surface area contributed by atoms with Gasteiger partial charge < -0.3 is 0 Å². The Hall–Kier alpha value is -2.07. The third kappa shape index (κ3) is 2.15. The second-order valence-corrected chi connectivity index (χ2v) is 4.57. The molecule has 0 atom stereocenters. The maximum atomic E-state index is 13.2. The Morgan fingerprint density at radius 3 is 2.67 bits per heavy atom. The van der Waals surface area contributed by atoms with Crippen molar-refractivity contribution < 1.29 is 4.39 Å². The number of pyridine rings is 1. The summed E-state index contributed by atoms with van der Waals surface area (Å²) in [6, 6.07) is 9.34. The predicted molar refractivity (Wildman–Crippen MR) is 70.7 cm³/mol. The molecule has 0 unspecified atom stereocenters. The van der Waals surface area contributed by atoms with Gasteiger partial charge in [-0.05, 0) is 17.7 Å². The highest BCUT2D eigenvalue weighted by atomic mass is 32.1. The number of rotatable bonds is 2. The largest absolute Gasteiger partial charge is 0.261 e. The van der Waals surface area contributed by atoms with Crippen LogP contribution in [0.5, 0.6) is 0 Å². The fourth-order valence-electron chi connectivity index (χ4n) is 1.78. The number of hydrogen-bond donors (Lipinski definition) is 0. The summed E-state index contributed by atoms with van der Waals surface area (Å²) in [5.74, 6) is -0.327. The predicted octanol–water partition coefficient (Wildman–Crippen LogP) is 4.01. The maximum Gasteiger partial charge on any atom is 0.142 e. The molecule has 4 heteroatoms. The Bertz CT molecular complexity index is 665. The molecule has 0 spiro atoms. The average Bonchev–Trinajstić information content (AvgIpc) is 2.93. The minimum absolute atomic E-state index is 0.327. The molecule has 0 bridgehead atoms. The smallest absolute Gasteiger partial charge is 0.142 e. The van der Waals surface area contributed by atoms with Gasteiger partial charge in [0.05, 0.1) is 17.4 Å². The third-order valence-electron chi connectivity index (χ3n) is 2.63. The normalized spacial score (nSPS) is 10.5. The van der Waals surface area contributed by atoms with Gasteiger partial charge in [-0.15, -0.1) is 11.3 Å². The summed E-state index contributed by atoms with van der Waals surface area (Å²) in [5.41, 5.74) is 5.47. The molecule has 0 aliphatic carbocycles. The van der Waals surface area contributed by atoms with E-state index in [4.69, 9.17) is 0 Å². The Morgan fingerprint density at radius 2 is 1.89 bits per heavy atom. The van der Waals surface area contributed by atoms with Gasteiger partial charge in [-0.3, -0.25) is 4.98 Å². The van der Waals surface area contributed by atoms with E-state index >= 15 is 0 Å². The van der Waals surface area contributed by atoms with Crippen molar-refractivity contribution in [1.82, 2.24) is 9.97 Å². The lowest BCUT2D eigenvalue weighted by Gasteiger charge is -2.03. The summed E-state index contributed by atoms with van der Waals surface area (Å²) in [6.45, 7) is 0. The first-order valence-electron chi connectivity index (χ1n) is 5.42. The Morgan fingerprint density at radius 1 is 1.00 bits per heavy atom. The Labute approximate surface area is 108 Å². The summed E-state index contributed by atoms with van der Waals surface area (Å²) < 4.78 is 13.2. The van der Waals surface area contributed by atoms with Crippen molar-refractivity contribution in [3.8, 4) is 22.4 Å². The molecule has 0 fully saturated rings. The monoisotopic (exact) mass is 256 g/mol. The lowest BCUT2D eigenvalue weighted by molar-refractivity contribution is 0.622. The topological polar surface area (TPSA) is 25.8 Å². The van der Waals surface area contributed by atoms with Gasteiger partial charge in [-0.2, -0.15) is 0 Å². The highest BCUT2D eigenvalue weighted by Crippen LogP contribution is 2.25. The van der Waals surface area contributed by atoms with Crippen molar-refractivity contribution in [3.63, 3.8) is 0 Å². The van der Waals surface area contributed by atoms with Gasteiger partial charge >= 0.3 is 0 Å². The minimum Gasteiger partial charge on any atom is -0.261 e. The molecule has 18 heavy (non-hydrogen) atoms. The average molecular weight is 256 g/mol. The van der Waals surface area contributed by atoms with E-state index in [9.17, 15) is 4.39 Å². The zero-order chi connectivity index (χ0) is 12.4. The standard InChI is InChI=1S/C14H9FN2S/c15-13-5-12(6-16-7-13)10-2-1-3-11(4-10)14-8-18-9-17-14/h1-9H. The van der Waals surface area contributed by atoms with Crippen molar-refractivity contribution in [3.05, 3.63) is 59.4 Å². The van der Waals surface area contributed by atoms with Crippen LogP contribution in [0.2, 0.25) is 0 Å². The van der Waals surface area contributed by atoms with E-state index in [2.05, 4.69) is 9.97 Å². The molecular formula is C14H9FN2S. The SMILES string of the molecule is Fc1cncc(-c2cccc(-c3cscn3)c2)c1. The van der Waals surface area contributed by atoms with Gasteiger partial charge in [0.2, 0.25) is 0 Å². The third-order valence-corrected chi connectivity index (χ3v) is 3.22. The summed E-state index contributed by atoms with van der Waals surface area (Å²) in [4.78, 5) is 8.13. The molecule has 88 valence electrons. The molecule has 2 heterocycles. The van der Waals surface area contributed by atoms with Crippen LogP contribution in [0.25, 0.3) is 22.4 Å². The van der Waals surface area contributed by atoms with E-state index < -0.39 is 0 Å². The molecule has 0 saturated heterocycles. The Kier molecular flexibility index (Phi) is 2.86. The molecule has 3 rings (SSSR count). The van der Waals surface area contributed by atoms with Crippen LogP contribution in [0, 0.1) is 5.82 Å².